The van der Waals surface area contributed by atoms with Gasteiger partial charge in [0.05, 0.1) is 6.42 Å². The first-order valence-corrected chi connectivity index (χ1v) is 8.98. The first-order valence-electron chi connectivity index (χ1n) is 8.98. The van der Waals surface area contributed by atoms with Crippen LogP contribution in [-0.4, -0.2) is 29.3 Å². The summed E-state index contributed by atoms with van der Waals surface area (Å²) in [4.78, 5) is 39.7. The minimum absolute atomic E-state index is 0.0715. The first-order chi connectivity index (χ1) is 13.5. The van der Waals surface area contributed by atoms with Crippen LogP contribution in [0.4, 0.5) is 5.69 Å². The molecule has 0 aliphatic rings. The number of benzene rings is 2. The highest BCUT2D eigenvalue weighted by Crippen LogP contribution is 2.16. The third kappa shape index (κ3) is 5.03. The van der Waals surface area contributed by atoms with Gasteiger partial charge in [-0.15, -0.1) is 0 Å². The molecule has 144 valence electrons. The van der Waals surface area contributed by atoms with Crippen LogP contribution in [-0.2, 0) is 20.7 Å². The number of ketones is 1. The van der Waals surface area contributed by atoms with Gasteiger partial charge in [-0.05, 0) is 36.4 Å². The molecule has 1 heterocycles. The third-order valence-corrected chi connectivity index (χ3v) is 4.06. The molecule has 1 aromatic heterocycles. The number of ether oxygens (including phenoxy) is 1. The largest absolute Gasteiger partial charge is 0.457 e. The number of hydrogen-bond acceptors (Lipinski definition) is 6. The van der Waals surface area contributed by atoms with Crippen molar-refractivity contribution in [1.29, 1.82) is 0 Å². The predicted octanol–water partition coefficient (Wildman–Crippen LogP) is 3.54. The number of aromatic nitrogens is 1. The van der Waals surface area contributed by atoms with E-state index in [-0.39, 0.29) is 24.7 Å². The van der Waals surface area contributed by atoms with Crippen LogP contribution in [0, 0.1) is 0 Å². The second kappa shape index (κ2) is 8.94. The Labute approximate surface area is 161 Å². The average molecular weight is 380 g/mol. The lowest BCUT2D eigenvalue weighted by Gasteiger charge is -2.06. The van der Waals surface area contributed by atoms with E-state index in [1.165, 1.54) is 0 Å². The van der Waals surface area contributed by atoms with Crippen LogP contribution in [0.1, 0.15) is 36.0 Å². The van der Waals surface area contributed by atoms with E-state index < -0.39 is 5.97 Å². The monoisotopic (exact) mass is 380 g/mol. The summed E-state index contributed by atoms with van der Waals surface area (Å²) in [5, 5.41) is 2.70. The topological polar surface area (TPSA) is 98.5 Å². The fraction of sp³-hybridized carbons (Fsp3) is 0.238. The van der Waals surface area contributed by atoms with Gasteiger partial charge in [-0.2, -0.15) is 0 Å². The van der Waals surface area contributed by atoms with Gasteiger partial charge in [-0.1, -0.05) is 19.1 Å². The van der Waals surface area contributed by atoms with E-state index in [4.69, 9.17) is 9.15 Å². The van der Waals surface area contributed by atoms with Crippen molar-refractivity contribution >= 4 is 34.4 Å². The Morgan fingerprint density at radius 2 is 1.82 bits per heavy atom. The molecule has 0 aliphatic heterocycles. The Morgan fingerprint density at radius 1 is 1.07 bits per heavy atom. The SMILES string of the molecule is CCC(=O)Nc1ccc(C(=O)COC(=O)CCc2nc3ccccc3o2)cc1. The van der Waals surface area contributed by atoms with Crippen LogP contribution < -0.4 is 5.32 Å². The molecule has 3 rings (SSSR count). The van der Waals surface area contributed by atoms with E-state index in [0.717, 1.165) is 5.52 Å². The lowest BCUT2D eigenvalue weighted by Crippen LogP contribution is -2.15. The number of nitrogens with zero attached hydrogens (tertiary/aromatic N) is 1. The molecule has 28 heavy (non-hydrogen) atoms. The Balaban J connectivity index is 1.45. The predicted molar refractivity (Wildman–Crippen MR) is 103 cm³/mol. The summed E-state index contributed by atoms with van der Waals surface area (Å²) in [6.45, 7) is 1.42. The van der Waals surface area contributed by atoms with Crippen molar-refractivity contribution in [3.63, 3.8) is 0 Å². The van der Waals surface area contributed by atoms with Crippen molar-refractivity contribution in [1.82, 2.24) is 4.98 Å². The molecule has 7 nitrogen and oxygen atoms in total. The molecule has 0 unspecified atom stereocenters. The standard InChI is InChI=1S/C21H20N2O5/c1-2-19(25)22-15-9-7-14(8-10-15)17(24)13-27-21(26)12-11-20-23-16-5-3-4-6-18(16)28-20/h3-10H,2,11-13H2,1H3,(H,22,25). The zero-order valence-corrected chi connectivity index (χ0v) is 15.4. The van der Waals surface area contributed by atoms with E-state index in [0.29, 0.717) is 35.6 Å². The minimum Gasteiger partial charge on any atom is -0.457 e. The maximum atomic E-state index is 12.1. The van der Waals surface area contributed by atoms with Gasteiger partial charge in [-0.25, -0.2) is 4.98 Å². The maximum absolute atomic E-state index is 12.1. The normalized spacial score (nSPS) is 10.6. The van der Waals surface area contributed by atoms with Crippen molar-refractivity contribution in [3.8, 4) is 0 Å². The fourth-order valence-electron chi connectivity index (χ4n) is 2.53. The molecule has 0 radical (unpaired) electrons. The number of carbonyl (C=O) groups excluding carboxylic acids is 3. The highest BCUT2D eigenvalue weighted by atomic mass is 16.5. The fourth-order valence-corrected chi connectivity index (χ4v) is 2.53. The van der Waals surface area contributed by atoms with Gasteiger partial charge < -0.3 is 14.5 Å². The van der Waals surface area contributed by atoms with Crippen LogP contribution in [0.15, 0.2) is 52.9 Å². The van der Waals surface area contributed by atoms with Crippen LogP contribution in [0.5, 0.6) is 0 Å². The Hall–Kier alpha value is -3.48. The summed E-state index contributed by atoms with van der Waals surface area (Å²) in [5.41, 5.74) is 2.42. The Bertz CT molecular complexity index is 958. The van der Waals surface area contributed by atoms with E-state index in [2.05, 4.69) is 10.3 Å². The van der Waals surface area contributed by atoms with Gasteiger partial charge in [0.1, 0.15) is 5.52 Å². The van der Waals surface area contributed by atoms with Crippen LogP contribution >= 0.6 is 0 Å². The van der Waals surface area contributed by atoms with Crippen molar-refractivity contribution in [2.45, 2.75) is 26.2 Å². The zero-order valence-electron chi connectivity index (χ0n) is 15.4. The molecule has 0 saturated carbocycles. The quantitative estimate of drug-likeness (QED) is 0.474. The number of carbonyl (C=O) groups is 3. The van der Waals surface area contributed by atoms with Crippen LogP contribution in [0.3, 0.4) is 0 Å². The molecule has 1 N–H and O–H groups in total. The zero-order chi connectivity index (χ0) is 19.9. The lowest BCUT2D eigenvalue weighted by molar-refractivity contribution is -0.142. The number of aryl methyl sites for hydroxylation is 1. The second-order valence-electron chi connectivity index (χ2n) is 6.14. The number of para-hydroxylation sites is 2. The van der Waals surface area contributed by atoms with E-state index in [1.54, 1.807) is 31.2 Å². The van der Waals surface area contributed by atoms with Crippen molar-refractivity contribution in [3.05, 3.63) is 60.0 Å². The first kappa shape index (κ1) is 19.3. The van der Waals surface area contributed by atoms with Gasteiger partial charge in [0.15, 0.2) is 23.9 Å². The van der Waals surface area contributed by atoms with Crippen molar-refractivity contribution < 1.29 is 23.5 Å². The number of rotatable bonds is 8. The van der Waals surface area contributed by atoms with Gasteiger partial charge in [0, 0.05) is 24.1 Å². The Morgan fingerprint density at radius 3 is 2.54 bits per heavy atom. The second-order valence-corrected chi connectivity index (χ2v) is 6.14. The molecule has 7 heteroatoms. The van der Waals surface area contributed by atoms with E-state index in [9.17, 15) is 14.4 Å². The number of oxazole rings is 1. The molecule has 1 amide bonds. The number of anilines is 1. The Kier molecular flexibility index (Phi) is 6.16. The van der Waals surface area contributed by atoms with Crippen LogP contribution in [0.2, 0.25) is 0 Å². The highest BCUT2D eigenvalue weighted by molar-refractivity contribution is 5.98. The molecule has 0 saturated heterocycles. The highest BCUT2D eigenvalue weighted by Gasteiger charge is 2.12. The average Bonchev–Trinajstić information content (AvgIpc) is 3.14. The number of Topliss-reactive ketones (excluding diaryl/α,β-unsaturated/α-hetero) is 1. The minimum atomic E-state index is -0.498. The molecule has 3 aromatic rings. The molecule has 0 atom stereocenters. The molecule has 2 aromatic carbocycles. The molecular weight excluding hydrogens is 360 g/mol. The van der Waals surface area contributed by atoms with Gasteiger partial charge in [0.2, 0.25) is 5.91 Å². The maximum Gasteiger partial charge on any atom is 0.306 e. The summed E-state index contributed by atoms with van der Waals surface area (Å²) in [6, 6.07) is 13.8. The van der Waals surface area contributed by atoms with Crippen LogP contribution in [0.25, 0.3) is 11.1 Å². The summed E-state index contributed by atoms with van der Waals surface area (Å²) in [6.07, 6.45) is 0.746. The molecule has 0 aliphatic carbocycles. The van der Waals surface area contributed by atoms with Gasteiger partial charge in [-0.3, -0.25) is 14.4 Å². The van der Waals surface area contributed by atoms with E-state index in [1.807, 2.05) is 24.3 Å². The third-order valence-electron chi connectivity index (χ3n) is 4.06. The van der Waals surface area contributed by atoms with Crippen molar-refractivity contribution in [2.24, 2.45) is 0 Å². The smallest absolute Gasteiger partial charge is 0.306 e. The summed E-state index contributed by atoms with van der Waals surface area (Å²) in [5.74, 6) is -0.466. The molecule has 0 fully saturated rings. The summed E-state index contributed by atoms with van der Waals surface area (Å²) < 4.78 is 10.6. The van der Waals surface area contributed by atoms with E-state index >= 15 is 0 Å². The number of esters is 1. The van der Waals surface area contributed by atoms with Crippen molar-refractivity contribution in [2.75, 3.05) is 11.9 Å². The summed E-state index contributed by atoms with van der Waals surface area (Å²) >= 11 is 0. The number of nitrogens with one attached hydrogen (secondary N) is 1. The molecule has 0 spiro atoms. The number of amides is 1. The molecular formula is C21H20N2O5. The number of hydrogen-bond donors (Lipinski definition) is 1. The summed E-state index contributed by atoms with van der Waals surface area (Å²) in [7, 11) is 0. The van der Waals surface area contributed by atoms with Gasteiger partial charge in [0.25, 0.3) is 0 Å². The number of fused-ring (bicyclic) bond motifs is 1. The molecule has 0 bridgehead atoms. The lowest BCUT2D eigenvalue weighted by atomic mass is 10.1. The van der Waals surface area contributed by atoms with Gasteiger partial charge >= 0.3 is 5.97 Å².